The van der Waals surface area contributed by atoms with Crippen molar-refractivity contribution in [1.29, 1.82) is 0 Å². The molecule has 1 aromatic heterocycles. The lowest BCUT2D eigenvalue weighted by Gasteiger charge is -2.29. The summed E-state index contributed by atoms with van der Waals surface area (Å²) in [5.74, 6) is 0. The zero-order valence-corrected chi connectivity index (χ0v) is 27.0. The van der Waals surface area contributed by atoms with Crippen LogP contribution in [0.3, 0.4) is 0 Å². The molecule has 0 aliphatic heterocycles. The monoisotopic (exact) mass is 625 g/mol. The fourth-order valence-electron chi connectivity index (χ4n) is 7.86. The van der Waals surface area contributed by atoms with Gasteiger partial charge < -0.3 is 9.32 Å². The van der Waals surface area contributed by atoms with Crippen molar-refractivity contribution in [1.82, 2.24) is 0 Å². The number of hydrogen-bond donors (Lipinski definition) is 0. The first-order valence-electron chi connectivity index (χ1n) is 16.9. The number of aryl methyl sites for hydroxylation is 1. The lowest BCUT2D eigenvalue weighted by Crippen LogP contribution is -2.11. The van der Waals surface area contributed by atoms with Crippen LogP contribution in [-0.4, -0.2) is 0 Å². The summed E-state index contributed by atoms with van der Waals surface area (Å²) in [6.07, 6.45) is 0. The molecule has 0 amide bonds. The molecule has 1 heterocycles. The largest absolute Gasteiger partial charge is 0.455 e. The summed E-state index contributed by atoms with van der Waals surface area (Å²) >= 11 is 0. The zero-order chi connectivity index (χ0) is 32.5. The molecule has 0 spiro atoms. The first-order chi connectivity index (χ1) is 24.2. The van der Waals surface area contributed by atoms with Crippen LogP contribution < -0.4 is 4.90 Å². The Hall–Kier alpha value is -6.38. The molecular weight excluding hydrogens is 595 g/mol. The van der Waals surface area contributed by atoms with Crippen LogP contribution in [0.5, 0.6) is 0 Å². The lowest BCUT2D eigenvalue weighted by molar-refractivity contribution is 0.673. The molecule has 0 N–H and O–H groups in total. The third-order valence-electron chi connectivity index (χ3n) is 10.1. The van der Waals surface area contributed by atoms with Gasteiger partial charge in [0.05, 0.1) is 11.4 Å². The predicted molar refractivity (Wildman–Crippen MR) is 209 cm³/mol. The smallest absolute Gasteiger partial charge is 0.144 e. The van der Waals surface area contributed by atoms with Gasteiger partial charge in [-0.25, -0.2) is 0 Å². The zero-order valence-electron chi connectivity index (χ0n) is 27.0. The van der Waals surface area contributed by atoms with E-state index in [9.17, 15) is 0 Å². The van der Waals surface area contributed by atoms with Crippen LogP contribution in [0.2, 0.25) is 0 Å². The van der Waals surface area contributed by atoms with Crippen molar-refractivity contribution >= 4 is 82.1 Å². The maximum Gasteiger partial charge on any atom is 0.144 e. The maximum absolute atomic E-state index is 6.77. The minimum atomic E-state index is 0.913. The quantitative estimate of drug-likeness (QED) is 0.181. The molecule has 0 radical (unpaired) electrons. The Balaban J connectivity index is 1.36. The molecule has 0 unspecified atom stereocenters. The Morgan fingerprint density at radius 2 is 1.06 bits per heavy atom. The van der Waals surface area contributed by atoms with E-state index < -0.39 is 0 Å². The number of anilines is 3. The lowest BCUT2D eigenvalue weighted by atomic mass is 9.95. The van der Waals surface area contributed by atoms with Gasteiger partial charge in [0, 0.05) is 32.6 Å². The Kier molecular flexibility index (Phi) is 6.13. The summed E-state index contributed by atoms with van der Waals surface area (Å²) in [4.78, 5) is 2.47. The molecule has 2 nitrogen and oxygen atoms in total. The van der Waals surface area contributed by atoms with Crippen LogP contribution in [0.25, 0.3) is 76.2 Å². The molecule has 49 heavy (non-hydrogen) atoms. The molecule has 0 saturated carbocycles. The summed E-state index contributed by atoms with van der Waals surface area (Å²) in [5.41, 5.74) is 8.80. The van der Waals surface area contributed by atoms with Crippen LogP contribution in [0.15, 0.2) is 174 Å². The van der Waals surface area contributed by atoms with E-state index in [4.69, 9.17) is 4.42 Å². The Bertz CT molecular complexity index is 2880. The van der Waals surface area contributed by atoms with Gasteiger partial charge >= 0.3 is 0 Å². The van der Waals surface area contributed by atoms with Crippen molar-refractivity contribution in [2.75, 3.05) is 4.90 Å². The van der Waals surface area contributed by atoms with E-state index in [-0.39, 0.29) is 0 Å². The molecule has 0 aliphatic rings. The highest BCUT2D eigenvalue weighted by molar-refractivity contribution is 6.28. The van der Waals surface area contributed by atoms with Crippen LogP contribution in [0.4, 0.5) is 17.1 Å². The van der Waals surface area contributed by atoms with Crippen molar-refractivity contribution in [3.8, 4) is 11.1 Å². The molecule has 230 valence electrons. The standard InChI is InChI=1S/C47H31NO/c1-30-12-11-21-44-45(30)41-29-43(40-27-24-33-15-5-8-18-37(33)46(40)47(41)49-44)48(35-25-22-32(23-26-35)31-13-3-2-4-14-31)42-28-34-16-6-7-17-36(34)38-19-9-10-20-39(38)42/h2-29H,1H3. The average Bonchev–Trinajstić information content (AvgIpc) is 3.55. The van der Waals surface area contributed by atoms with Crippen molar-refractivity contribution in [3.63, 3.8) is 0 Å². The highest BCUT2D eigenvalue weighted by atomic mass is 16.3. The fourth-order valence-corrected chi connectivity index (χ4v) is 7.86. The van der Waals surface area contributed by atoms with Crippen molar-refractivity contribution in [2.45, 2.75) is 6.92 Å². The normalized spacial score (nSPS) is 11.8. The van der Waals surface area contributed by atoms with Gasteiger partial charge in [-0.15, -0.1) is 0 Å². The third kappa shape index (κ3) is 4.28. The number of furan rings is 1. The number of rotatable bonds is 4. The Morgan fingerprint density at radius 3 is 1.88 bits per heavy atom. The molecule has 0 aliphatic carbocycles. The molecule has 0 saturated heterocycles. The summed E-state index contributed by atoms with van der Waals surface area (Å²) < 4.78 is 6.77. The molecule has 10 aromatic rings. The van der Waals surface area contributed by atoms with E-state index in [1.807, 2.05) is 0 Å². The second kappa shape index (κ2) is 10.8. The van der Waals surface area contributed by atoms with Crippen molar-refractivity contribution in [2.24, 2.45) is 0 Å². The van der Waals surface area contributed by atoms with Crippen molar-refractivity contribution < 1.29 is 4.42 Å². The second-order valence-corrected chi connectivity index (χ2v) is 12.9. The first-order valence-corrected chi connectivity index (χ1v) is 16.9. The van der Waals surface area contributed by atoms with E-state index in [0.717, 1.165) is 49.8 Å². The molecule has 0 bridgehead atoms. The van der Waals surface area contributed by atoms with Gasteiger partial charge in [-0.2, -0.15) is 0 Å². The molecule has 0 atom stereocenters. The van der Waals surface area contributed by atoms with Crippen LogP contribution in [0, 0.1) is 6.92 Å². The third-order valence-corrected chi connectivity index (χ3v) is 10.1. The van der Waals surface area contributed by atoms with Crippen LogP contribution in [-0.2, 0) is 0 Å². The highest BCUT2D eigenvalue weighted by Crippen LogP contribution is 2.49. The Morgan fingerprint density at radius 1 is 0.408 bits per heavy atom. The summed E-state index contributed by atoms with van der Waals surface area (Å²) in [6.45, 7) is 2.18. The van der Waals surface area contributed by atoms with Gasteiger partial charge in [0.2, 0.25) is 0 Å². The minimum Gasteiger partial charge on any atom is -0.455 e. The first kappa shape index (κ1) is 27.7. The van der Waals surface area contributed by atoms with Crippen molar-refractivity contribution in [3.05, 3.63) is 175 Å². The van der Waals surface area contributed by atoms with E-state index in [1.165, 1.54) is 49.0 Å². The number of hydrogen-bond acceptors (Lipinski definition) is 2. The van der Waals surface area contributed by atoms with E-state index >= 15 is 0 Å². The SMILES string of the molecule is Cc1cccc2oc3c(cc(N(c4ccc(-c5ccccc5)cc4)c4cc5ccccc5c5ccccc45)c4ccc5ccccc5c43)c12. The predicted octanol–water partition coefficient (Wildman–Crippen LogP) is 13.6. The highest BCUT2D eigenvalue weighted by Gasteiger charge is 2.24. The van der Waals surface area contributed by atoms with Gasteiger partial charge in [-0.05, 0) is 80.9 Å². The minimum absolute atomic E-state index is 0.913. The summed E-state index contributed by atoms with van der Waals surface area (Å²) in [7, 11) is 0. The fraction of sp³-hybridized carbons (Fsp3) is 0.0213. The van der Waals surface area contributed by atoms with Gasteiger partial charge in [0.15, 0.2) is 0 Å². The second-order valence-electron chi connectivity index (χ2n) is 12.9. The van der Waals surface area contributed by atoms with Crippen LogP contribution >= 0.6 is 0 Å². The molecule has 2 heteroatoms. The molecule has 10 rings (SSSR count). The summed E-state index contributed by atoms with van der Waals surface area (Å²) in [5, 5.41) is 11.9. The van der Waals surface area contributed by atoms with E-state index in [1.54, 1.807) is 0 Å². The number of nitrogens with zero attached hydrogens (tertiary/aromatic N) is 1. The summed E-state index contributed by atoms with van der Waals surface area (Å²) in [6, 6.07) is 61.4. The van der Waals surface area contributed by atoms with E-state index in [2.05, 4.69) is 182 Å². The van der Waals surface area contributed by atoms with Gasteiger partial charge in [-0.3, -0.25) is 0 Å². The average molecular weight is 626 g/mol. The number of benzene rings is 9. The molecule has 0 fully saturated rings. The Labute approximate surface area is 284 Å². The maximum atomic E-state index is 6.77. The van der Waals surface area contributed by atoms with E-state index in [0.29, 0.717) is 0 Å². The van der Waals surface area contributed by atoms with Gasteiger partial charge in [0.25, 0.3) is 0 Å². The van der Waals surface area contributed by atoms with Gasteiger partial charge in [0.1, 0.15) is 11.2 Å². The topological polar surface area (TPSA) is 16.4 Å². The van der Waals surface area contributed by atoms with Gasteiger partial charge in [-0.1, -0.05) is 140 Å². The molecule has 9 aromatic carbocycles. The molecular formula is C47H31NO. The number of fused-ring (bicyclic) bond motifs is 10. The van der Waals surface area contributed by atoms with Crippen LogP contribution in [0.1, 0.15) is 5.56 Å².